The van der Waals surface area contributed by atoms with E-state index in [0.29, 0.717) is 11.4 Å². The number of aromatic nitrogens is 1. The zero-order valence-electron chi connectivity index (χ0n) is 12.3. The summed E-state index contributed by atoms with van der Waals surface area (Å²) in [5.74, 6) is 0. The van der Waals surface area contributed by atoms with Crippen molar-refractivity contribution in [1.82, 2.24) is 9.29 Å². The van der Waals surface area contributed by atoms with E-state index >= 15 is 0 Å². The lowest BCUT2D eigenvalue weighted by Crippen LogP contribution is -2.24. The Hall–Kier alpha value is -1.59. The largest absolute Gasteiger partial charge is 0.352 e. The summed E-state index contributed by atoms with van der Waals surface area (Å²) in [5.41, 5.74) is 3.95. The molecular weight excluding hydrogens is 272 g/mol. The third kappa shape index (κ3) is 2.78. The zero-order valence-corrected chi connectivity index (χ0v) is 13.1. The molecule has 2 rings (SSSR count). The molecule has 108 valence electrons. The summed E-state index contributed by atoms with van der Waals surface area (Å²) in [7, 11) is -1.49. The molecule has 1 aromatic heterocycles. The molecule has 0 aliphatic rings. The van der Waals surface area contributed by atoms with Crippen LogP contribution in [0, 0.1) is 20.8 Å². The van der Waals surface area contributed by atoms with Gasteiger partial charge in [-0.25, -0.2) is 13.1 Å². The summed E-state index contributed by atoms with van der Waals surface area (Å²) in [4.78, 5) is 0.338. The molecule has 0 radical (unpaired) electrons. The van der Waals surface area contributed by atoms with E-state index in [-0.39, 0.29) is 0 Å². The second-order valence-electron chi connectivity index (χ2n) is 5.05. The number of hydrogen-bond acceptors (Lipinski definition) is 2. The third-order valence-electron chi connectivity index (χ3n) is 3.72. The van der Waals surface area contributed by atoms with Crippen LogP contribution < -0.4 is 4.72 Å². The van der Waals surface area contributed by atoms with Crippen LogP contribution in [0.1, 0.15) is 22.5 Å². The number of aryl methyl sites for hydroxylation is 2. The van der Waals surface area contributed by atoms with Gasteiger partial charge in [-0.2, -0.15) is 0 Å². The van der Waals surface area contributed by atoms with E-state index in [1.165, 1.54) is 0 Å². The molecule has 0 saturated heterocycles. The molecule has 0 fully saturated rings. The standard InChI is InChI=1S/C15H20N2O2S/c1-11-7-5-6-8-15(11)20(18,19)16-10-14-9-12(2)17(4)13(14)3/h5-9,16H,10H2,1-4H3. The van der Waals surface area contributed by atoms with Gasteiger partial charge in [-0.1, -0.05) is 18.2 Å². The lowest BCUT2D eigenvalue weighted by Gasteiger charge is -2.09. The summed E-state index contributed by atoms with van der Waals surface area (Å²) in [5, 5.41) is 0. The maximum atomic E-state index is 12.3. The predicted molar refractivity (Wildman–Crippen MR) is 80.1 cm³/mol. The van der Waals surface area contributed by atoms with Crippen molar-refractivity contribution in [2.75, 3.05) is 0 Å². The van der Waals surface area contributed by atoms with Crippen LogP contribution in [0.25, 0.3) is 0 Å². The van der Waals surface area contributed by atoms with Crippen LogP contribution in [0.15, 0.2) is 35.2 Å². The number of benzene rings is 1. The van der Waals surface area contributed by atoms with Gasteiger partial charge in [0.05, 0.1) is 4.90 Å². The Labute approximate surface area is 120 Å². The Balaban J connectivity index is 2.22. The molecule has 1 N–H and O–H groups in total. The summed E-state index contributed by atoms with van der Waals surface area (Å²) >= 11 is 0. The maximum absolute atomic E-state index is 12.3. The van der Waals surface area contributed by atoms with E-state index in [1.807, 2.05) is 33.0 Å². The van der Waals surface area contributed by atoms with Gasteiger partial charge in [-0.05, 0) is 44.0 Å². The second-order valence-corrected chi connectivity index (χ2v) is 6.78. The van der Waals surface area contributed by atoms with E-state index in [2.05, 4.69) is 9.29 Å². The molecule has 0 amide bonds. The summed E-state index contributed by atoms with van der Waals surface area (Å²) in [6.45, 7) is 6.10. The zero-order chi connectivity index (χ0) is 14.9. The highest BCUT2D eigenvalue weighted by molar-refractivity contribution is 7.89. The van der Waals surface area contributed by atoms with Crippen LogP contribution >= 0.6 is 0 Å². The van der Waals surface area contributed by atoms with Crippen LogP contribution in [0.2, 0.25) is 0 Å². The summed E-state index contributed by atoms with van der Waals surface area (Å²) in [6.07, 6.45) is 0. The van der Waals surface area contributed by atoms with Crippen molar-refractivity contribution in [3.8, 4) is 0 Å². The van der Waals surface area contributed by atoms with Gasteiger partial charge in [-0.15, -0.1) is 0 Å². The average Bonchev–Trinajstić information content (AvgIpc) is 2.64. The summed E-state index contributed by atoms with van der Waals surface area (Å²) in [6, 6.07) is 9.00. The van der Waals surface area contributed by atoms with Gasteiger partial charge in [0.25, 0.3) is 0 Å². The molecule has 0 unspecified atom stereocenters. The molecule has 0 aliphatic heterocycles. The second kappa shape index (κ2) is 5.42. The quantitative estimate of drug-likeness (QED) is 0.941. The molecular formula is C15H20N2O2S. The highest BCUT2D eigenvalue weighted by atomic mass is 32.2. The molecule has 1 heterocycles. The van der Waals surface area contributed by atoms with E-state index in [1.54, 1.807) is 25.1 Å². The van der Waals surface area contributed by atoms with Gasteiger partial charge < -0.3 is 4.57 Å². The number of sulfonamides is 1. The van der Waals surface area contributed by atoms with E-state index in [0.717, 1.165) is 22.5 Å². The van der Waals surface area contributed by atoms with Crippen molar-refractivity contribution in [2.45, 2.75) is 32.2 Å². The van der Waals surface area contributed by atoms with Crippen LogP contribution in [0.3, 0.4) is 0 Å². The van der Waals surface area contributed by atoms with Gasteiger partial charge in [0, 0.05) is 25.0 Å². The van der Waals surface area contributed by atoms with Gasteiger partial charge in [0.1, 0.15) is 0 Å². The Morgan fingerprint density at radius 3 is 2.35 bits per heavy atom. The highest BCUT2D eigenvalue weighted by Crippen LogP contribution is 2.16. The first-order valence-corrected chi connectivity index (χ1v) is 7.98. The van der Waals surface area contributed by atoms with Crippen LogP contribution in [-0.4, -0.2) is 13.0 Å². The van der Waals surface area contributed by atoms with E-state index < -0.39 is 10.0 Å². The fraction of sp³-hybridized carbons (Fsp3) is 0.333. The smallest absolute Gasteiger partial charge is 0.241 e. The lowest BCUT2D eigenvalue weighted by atomic mass is 10.2. The minimum atomic E-state index is -3.47. The van der Waals surface area contributed by atoms with Gasteiger partial charge in [0.2, 0.25) is 10.0 Å². The first-order chi connectivity index (χ1) is 9.33. The third-order valence-corrected chi connectivity index (χ3v) is 5.28. The highest BCUT2D eigenvalue weighted by Gasteiger charge is 2.17. The average molecular weight is 292 g/mol. The number of nitrogens with zero attached hydrogens (tertiary/aromatic N) is 1. The Bertz CT molecular complexity index is 730. The van der Waals surface area contributed by atoms with E-state index in [4.69, 9.17) is 0 Å². The minimum Gasteiger partial charge on any atom is -0.352 e. The molecule has 5 heteroatoms. The number of nitrogens with one attached hydrogen (secondary N) is 1. The van der Waals surface area contributed by atoms with Gasteiger partial charge >= 0.3 is 0 Å². The SMILES string of the molecule is Cc1ccccc1S(=O)(=O)NCc1cc(C)n(C)c1C. The topological polar surface area (TPSA) is 51.1 Å². The van der Waals surface area contributed by atoms with Crippen molar-refractivity contribution in [3.05, 3.63) is 52.8 Å². The molecule has 20 heavy (non-hydrogen) atoms. The molecule has 0 atom stereocenters. The van der Waals surface area contributed by atoms with Crippen molar-refractivity contribution < 1.29 is 8.42 Å². The summed E-state index contributed by atoms with van der Waals surface area (Å²) < 4.78 is 29.3. The molecule has 4 nitrogen and oxygen atoms in total. The maximum Gasteiger partial charge on any atom is 0.241 e. The monoisotopic (exact) mass is 292 g/mol. The Morgan fingerprint density at radius 1 is 1.15 bits per heavy atom. The number of hydrogen-bond donors (Lipinski definition) is 1. The fourth-order valence-electron chi connectivity index (χ4n) is 2.22. The minimum absolute atomic E-state index is 0.310. The molecule has 0 saturated carbocycles. The Kier molecular flexibility index (Phi) is 4.01. The first-order valence-electron chi connectivity index (χ1n) is 6.50. The van der Waals surface area contributed by atoms with Crippen molar-refractivity contribution in [2.24, 2.45) is 7.05 Å². The van der Waals surface area contributed by atoms with Crippen LogP contribution in [0.5, 0.6) is 0 Å². The molecule has 0 aliphatic carbocycles. The molecule has 0 spiro atoms. The van der Waals surface area contributed by atoms with E-state index in [9.17, 15) is 8.42 Å². The molecule has 0 bridgehead atoms. The number of rotatable bonds is 4. The Morgan fingerprint density at radius 2 is 1.80 bits per heavy atom. The first kappa shape index (κ1) is 14.8. The fourth-order valence-corrected chi connectivity index (χ4v) is 3.47. The van der Waals surface area contributed by atoms with Gasteiger partial charge in [-0.3, -0.25) is 0 Å². The molecule has 1 aromatic carbocycles. The van der Waals surface area contributed by atoms with Gasteiger partial charge in [0.15, 0.2) is 0 Å². The van der Waals surface area contributed by atoms with Crippen molar-refractivity contribution in [1.29, 1.82) is 0 Å². The lowest BCUT2D eigenvalue weighted by molar-refractivity contribution is 0.580. The van der Waals surface area contributed by atoms with Crippen molar-refractivity contribution in [3.63, 3.8) is 0 Å². The van der Waals surface area contributed by atoms with Crippen LogP contribution in [-0.2, 0) is 23.6 Å². The predicted octanol–water partition coefficient (Wildman–Crippen LogP) is 2.43. The van der Waals surface area contributed by atoms with Crippen LogP contribution in [0.4, 0.5) is 0 Å². The normalized spacial score (nSPS) is 11.8. The molecule has 2 aromatic rings. The van der Waals surface area contributed by atoms with Crippen molar-refractivity contribution >= 4 is 10.0 Å².